The second kappa shape index (κ2) is 2.83. The van der Waals surface area contributed by atoms with Gasteiger partial charge < -0.3 is 0 Å². The fraction of sp³-hybridized carbons (Fsp3) is 0.714. The average Bonchev–Trinajstić information content (AvgIpc) is 2.17. The first-order valence-corrected chi connectivity index (χ1v) is 5.13. The minimum atomic E-state index is 0.398. The average molecular weight is 291 g/mol. The van der Waals surface area contributed by atoms with Gasteiger partial charge in [-0.3, -0.25) is 0 Å². The minimum Gasteiger partial charge on any atom is -0.0813 e. The molecule has 3 heteroatoms. The summed E-state index contributed by atoms with van der Waals surface area (Å²) < 4.78 is 1.09. The Balaban J connectivity index is 2.58. The van der Waals surface area contributed by atoms with Crippen LogP contribution in [0.3, 0.4) is 0 Å². The van der Waals surface area contributed by atoms with E-state index in [0.29, 0.717) is 19.7 Å². The van der Waals surface area contributed by atoms with E-state index < -0.39 is 0 Å². The summed E-state index contributed by atoms with van der Waals surface area (Å²) in [5.74, 6) is 0.568. The van der Waals surface area contributed by atoms with Crippen molar-refractivity contribution in [2.45, 2.75) is 17.8 Å². The van der Waals surface area contributed by atoms with Crippen LogP contribution in [0, 0.1) is 11.3 Å². The predicted molar refractivity (Wildman–Crippen MR) is 54.9 cm³/mol. The molecule has 0 aliphatic heterocycles. The molecule has 0 N–H and O–H groups in total. The van der Waals surface area contributed by atoms with Gasteiger partial charge in [0.2, 0.25) is 0 Å². The molecule has 0 saturated heterocycles. The summed E-state index contributed by atoms with van der Waals surface area (Å²) in [4.78, 5) is 0. The molecule has 0 amide bonds. The van der Waals surface area contributed by atoms with Crippen LogP contribution in [0.25, 0.3) is 0 Å². The van der Waals surface area contributed by atoms with Crippen LogP contribution in [-0.4, -0.2) is 3.92 Å². The minimum absolute atomic E-state index is 0.398. The molecule has 0 aromatic heterocycles. The smallest absolute Gasteiger partial charge is 0.0813 e. The van der Waals surface area contributed by atoms with Gasteiger partial charge in [0.15, 0.2) is 0 Å². The fourth-order valence-electron chi connectivity index (χ4n) is 1.05. The van der Waals surface area contributed by atoms with Gasteiger partial charge in [-0.05, 0) is 17.4 Å². The van der Waals surface area contributed by atoms with Gasteiger partial charge in [0.05, 0.1) is 0 Å². The molecule has 1 aliphatic rings. The topological polar surface area (TPSA) is 0 Å². The van der Waals surface area contributed by atoms with Crippen LogP contribution in [0.2, 0.25) is 0 Å². The summed E-state index contributed by atoms with van der Waals surface area (Å²) in [6, 6.07) is 0. The molecule has 0 aromatic carbocycles. The third kappa shape index (κ3) is 1.62. The van der Waals surface area contributed by atoms with E-state index in [1.165, 1.54) is 0 Å². The normalized spacial score (nSPS) is 35.3. The molecule has 1 fully saturated rings. The highest BCUT2D eigenvalue weighted by Crippen LogP contribution is 2.58. The van der Waals surface area contributed by atoms with Gasteiger partial charge >= 0.3 is 0 Å². The van der Waals surface area contributed by atoms with Gasteiger partial charge in [-0.15, -0.1) is 0 Å². The molecule has 0 heterocycles. The molecule has 10 heavy (non-hydrogen) atoms. The Morgan fingerprint density at radius 1 is 1.50 bits per heavy atom. The lowest BCUT2D eigenvalue weighted by Crippen LogP contribution is -1.87. The van der Waals surface area contributed by atoms with Crippen molar-refractivity contribution in [3.63, 3.8) is 0 Å². The summed E-state index contributed by atoms with van der Waals surface area (Å²) in [6.07, 6.45) is 1.93. The summed E-state index contributed by atoms with van der Waals surface area (Å²) in [6.45, 7) is 4.45. The maximum Gasteiger partial charge on any atom is 0.103 e. The van der Waals surface area contributed by atoms with E-state index in [4.69, 9.17) is 23.2 Å². The second-order valence-electron chi connectivity index (χ2n) is 3.21. The molecule has 2 atom stereocenters. The highest BCUT2D eigenvalue weighted by Gasteiger charge is 2.54. The van der Waals surface area contributed by atoms with E-state index in [1.807, 2.05) is 6.08 Å². The maximum atomic E-state index is 5.53. The standard InChI is InChI=1S/C7H9Cl2I/c1-7(2)4(6(7)10)3-5(8)9/h3-4,6H,1-2H3. The van der Waals surface area contributed by atoms with Crippen LogP contribution in [0.1, 0.15) is 13.8 Å². The SMILES string of the molecule is CC1(C)C(I)C1C=C(Cl)Cl. The molecule has 0 aromatic rings. The van der Waals surface area contributed by atoms with E-state index in [0.717, 1.165) is 0 Å². The zero-order valence-electron chi connectivity index (χ0n) is 5.87. The second-order valence-corrected chi connectivity index (χ2v) is 5.56. The van der Waals surface area contributed by atoms with Crippen molar-refractivity contribution in [1.29, 1.82) is 0 Å². The molecule has 1 rings (SSSR count). The van der Waals surface area contributed by atoms with Crippen molar-refractivity contribution in [2.75, 3.05) is 0 Å². The first-order chi connectivity index (χ1) is 4.46. The molecular weight excluding hydrogens is 282 g/mol. The van der Waals surface area contributed by atoms with E-state index in [-0.39, 0.29) is 0 Å². The van der Waals surface area contributed by atoms with Crippen molar-refractivity contribution in [1.82, 2.24) is 0 Å². The van der Waals surface area contributed by atoms with Crippen molar-refractivity contribution in [3.05, 3.63) is 10.6 Å². The fourth-order valence-corrected chi connectivity index (χ4v) is 2.66. The van der Waals surface area contributed by atoms with Crippen LogP contribution in [-0.2, 0) is 0 Å². The van der Waals surface area contributed by atoms with Gasteiger partial charge in [0, 0.05) is 3.92 Å². The van der Waals surface area contributed by atoms with E-state index in [1.54, 1.807) is 0 Å². The highest BCUT2D eigenvalue weighted by molar-refractivity contribution is 14.1. The zero-order chi connectivity index (χ0) is 7.94. The van der Waals surface area contributed by atoms with E-state index >= 15 is 0 Å². The van der Waals surface area contributed by atoms with Crippen molar-refractivity contribution in [3.8, 4) is 0 Å². The lowest BCUT2D eigenvalue weighted by atomic mass is 10.1. The van der Waals surface area contributed by atoms with Crippen LogP contribution in [0.5, 0.6) is 0 Å². The zero-order valence-corrected chi connectivity index (χ0v) is 9.54. The van der Waals surface area contributed by atoms with Crippen molar-refractivity contribution in [2.24, 2.45) is 11.3 Å². The number of alkyl halides is 1. The van der Waals surface area contributed by atoms with Gasteiger partial charge in [-0.2, -0.15) is 0 Å². The van der Waals surface area contributed by atoms with Crippen molar-refractivity contribution < 1.29 is 0 Å². The molecule has 0 spiro atoms. The lowest BCUT2D eigenvalue weighted by Gasteiger charge is -1.95. The number of allylic oxidation sites excluding steroid dienone is 1. The summed E-state index contributed by atoms with van der Waals surface area (Å²) in [7, 11) is 0. The molecule has 58 valence electrons. The first-order valence-electron chi connectivity index (χ1n) is 3.13. The number of rotatable bonds is 1. The Bertz CT molecular complexity index is 170. The largest absolute Gasteiger partial charge is 0.103 e. The molecular formula is C7H9Cl2I. The lowest BCUT2D eigenvalue weighted by molar-refractivity contribution is 0.615. The predicted octanol–water partition coefficient (Wildman–Crippen LogP) is 3.77. The van der Waals surface area contributed by atoms with E-state index in [9.17, 15) is 0 Å². The summed E-state index contributed by atoms with van der Waals surface area (Å²) in [5.41, 5.74) is 0.398. The van der Waals surface area contributed by atoms with Crippen LogP contribution >= 0.6 is 45.8 Å². The Hall–Kier alpha value is 1.05. The summed E-state index contributed by atoms with van der Waals surface area (Å²) >= 11 is 13.5. The Kier molecular flexibility index (Phi) is 2.59. The number of hydrogen-bond donors (Lipinski definition) is 0. The van der Waals surface area contributed by atoms with Crippen molar-refractivity contribution >= 4 is 45.8 Å². The van der Waals surface area contributed by atoms with Gasteiger partial charge in [0.1, 0.15) is 4.49 Å². The highest BCUT2D eigenvalue weighted by atomic mass is 127. The molecule has 1 saturated carbocycles. The Morgan fingerprint density at radius 2 is 1.90 bits per heavy atom. The summed E-state index contributed by atoms with van der Waals surface area (Å²) in [5, 5.41) is 0. The Morgan fingerprint density at radius 3 is 2.00 bits per heavy atom. The Labute approximate surface area is 85.1 Å². The number of halogens is 3. The third-order valence-electron chi connectivity index (χ3n) is 2.08. The third-order valence-corrected chi connectivity index (χ3v) is 4.71. The molecule has 0 nitrogen and oxygen atoms in total. The molecule has 0 bridgehead atoms. The number of hydrogen-bond acceptors (Lipinski definition) is 0. The van der Waals surface area contributed by atoms with Gasteiger partial charge in [-0.25, -0.2) is 0 Å². The van der Waals surface area contributed by atoms with Crippen LogP contribution in [0.4, 0.5) is 0 Å². The van der Waals surface area contributed by atoms with E-state index in [2.05, 4.69) is 36.4 Å². The molecule has 0 radical (unpaired) electrons. The van der Waals surface area contributed by atoms with Crippen LogP contribution in [0.15, 0.2) is 10.6 Å². The molecule has 2 unspecified atom stereocenters. The van der Waals surface area contributed by atoms with Gasteiger partial charge in [-0.1, -0.05) is 59.6 Å². The maximum absolute atomic E-state index is 5.53. The van der Waals surface area contributed by atoms with Gasteiger partial charge in [0.25, 0.3) is 0 Å². The monoisotopic (exact) mass is 290 g/mol. The molecule has 1 aliphatic carbocycles. The quantitative estimate of drug-likeness (QED) is 0.509. The van der Waals surface area contributed by atoms with Crippen LogP contribution < -0.4 is 0 Å². The first kappa shape index (κ1) is 9.14.